The highest BCUT2D eigenvalue weighted by atomic mass is 32.2. The second-order valence-electron chi connectivity index (χ2n) is 5.78. The number of nitrogens with zero attached hydrogens (tertiary/aromatic N) is 2. The maximum Gasteiger partial charge on any atom is 0.339 e. The molecule has 0 atom stereocenters. The van der Waals surface area contributed by atoms with Crippen LogP contribution in [0.1, 0.15) is 27.0 Å². The van der Waals surface area contributed by atoms with E-state index in [1.807, 2.05) is 29.6 Å². The van der Waals surface area contributed by atoms with E-state index in [1.54, 1.807) is 30.4 Å². The summed E-state index contributed by atoms with van der Waals surface area (Å²) in [4.78, 5) is 30.3. The number of amides is 1. The molecule has 3 rings (SSSR count). The highest BCUT2D eigenvalue weighted by Crippen LogP contribution is 2.26. The summed E-state index contributed by atoms with van der Waals surface area (Å²) in [6, 6.07) is 11.0. The zero-order valence-electron chi connectivity index (χ0n) is 15.2. The van der Waals surface area contributed by atoms with Crippen LogP contribution >= 0.6 is 23.1 Å². The molecule has 1 aromatic carbocycles. The summed E-state index contributed by atoms with van der Waals surface area (Å²) in [6.45, 7) is 1.94. The molecule has 146 valence electrons. The van der Waals surface area contributed by atoms with Crippen molar-refractivity contribution in [2.24, 2.45) is 0 Å². The number of carbonyl (C=O) groups excluding carboxylic acids is 2. The van der Waals surface area contributed by atoms with Crippen molar-refractivity contribution in [2.75, 3.05) is 13.2 Å². The van der Waals surface area contributed by atoms with E-state index in [-0.39, 0.29) is 12.5 Å². The standard InChI is InChI=1S/C19H19N3O4S2/c1-13-21-18(26-22-13)12-28-16-7-3-2-6-15(16)19(24)25-11-17(23)20-9-8-14-5-4-10-27-14/h2-7,10H,8-9,11-12H2,1H3,(H,20,23). The fourth-order valence-electron chi connectivity index (χ4n) is 2.34. The fourth-order valence-corrected chi connectivity index (χ4v) is 3.93. The van der Waals surface area contributed by atoms with Crippen LogP contribution < -0.4 is 5.32 Å². The van der Waals surface area contributed by atoms with E-state index in [0.717, 1.165) is 11.3 Å². The van der Waals surface area contributed by atoms with E-state index in [4.69, 9.17) is 9.26 Å². The lowest BCUT2D eigenvalue weighted by molar-refractivity contribution is -0.124. The number of rotatable bonds is 9. The summed E-state index contributed by atoms with van der Waals surface area (Å²) in [5, 5.41) is 8.48. The number of nitrogens with one attached hydrogen (secondary N) is 1. The van der Waals surface area contributed by atoms with Crippen LogP contribution in [0, 0.1) is 6.92 Å². The summed E-state index contributed by atoms with van der Waals surface area (Å²) in [5.74, 6) is 0.618. The van der Waals surface area contributed by atoms with Gasteiger partial charge in [0.15, 0.2) is 12.4 Å². The Morgan fingerprint density at radius 2 is 2.11 bits per heavy atom. The van der Waals surface area contributed by atoms with Crippen LogP contribution in [0.4, 0.5) is 0 Å². The van der Waals surface area contributed by atoms with Crippen LogP contribution in [-0.2, 0) is 21.7 Å². The topological polar surface area (TPSA) is 94.3 Å². The number of benzene rings is 1. The van der Waals surface area contributed by atoms with Crippen molar-refractivity contribution >= 4 is 35.0 Å². The SMILES string of the molecule is Cc1noc(CSc2ccccc2C(=O)OCC(=O)NCCc2cccs2)n1. The zero-order valence-corrected chi connectivity index (χ0v) is 16.8. The molecule has 0 saturated carbocycles. The minimum atomic E-state index is -0.543. The molecule has 2 aromatic heterocycles. The van der Waals surface area contributed by atoms with Gasteiger partial charge >= 0.3 is 5.97 Å². The molecule has 0 spiro atoms. The summed E-state index contributed by atoms with van der Waals surface area (Å²) in [5.41, 5.74) is 0.398. The molecule has 3 aromatic rings. The van der Waals surface area contributed by atoms with Crippen molar-refractivity contribution in [2.45, 2.75) is 24.0 Å². The molecular weight excluding hydrogens is 398 g/mol. The van der Waals surface area contributed by atoms with Gasteiger partial charge in [-0.25, -0.2) is 4.79 Å². The molecule has 0 aliphatic carbocycles. The number of esters is 1. The highest BCUT2D eigenvalue weighted by molar-refractivity contribution is 7.98. The molecule has 0 aliphatic rings. The number of aromatic nitrogens is 2. The first-order valence-electron chi connectivity index (χ1n) is 8.59. The summed E-state index contributed by atoms with van der Waals surface area (Å²) < 4.78 is 10.2. The molecule has 0 aliphatic heterocycles. The minimum absolute atomic E-state index is 0.314. The van der Waals surface area contributed by atoms with Crippen molar-refractivity contribution in [3.05, 3.63) is 63.9 Å². The first-order chi connectivity index (χ1) is 13.6. The Labute approximate surface area is 170 Å². The molecule has 9 heteroatoms. The van der Waals surface area contributed by atoms with Crippen LogP contribution in [0.15, 0.2) is 51.2 Å². The lowest BCUT2D eigenvalue weighted by Crippen LogP contribution is -2.30. The lowest BCUT2D eigenvalue weighted by atomic mass is 10.2. The number of ether oxygens (including phenoxy) is 1. The van der Waals surface area contributed by atoms with Gasteiger partial charge in [-0.2, -0.15) is 4.98 Å². The fraction of sp³-hybridized carbons (Fsp3) is 0.263. The van der Waals surface area contributed by atoms with E-state index in [9.17, 15) is 9.59 Å². The van der Waals surface area contributed by atoms with Gasteiger partial charge in [-0.3, -0.25) is 4.79 Å². The average molecular weight is 418 g/mol. The van der Waals surface area contributed by atoms with Gasteiger partial charge in [0.1, 0.15) is 0 Å². The number of hydrogen-bond donors (Lipinski definition) is 1. The van der Waals surface area contributed by atoms with Crippen LogP contribution in [0.25, 0.3) is 0 Å². The quantitative estimate of drug-likeness (QED) is 0.422. The molecule has 0 unspecified atom stereocenters. The first kappa shape index (κ1) is 20.1. The number of thiophene rings is 1. The number of hydrogen-bond acceptors (Lipinski definition) is 8. The second-order valence-corrected chi connectivity index (χ2v) is 7.83. The molecule has 0 saturated heterocycles. The largest absolute Gasteiger partial charge is 0.452 e. The Morgan fingerprint density at radius 3 is 2.86 bits per heavy atom. The van der Waals surface area contributed by atoms with Crippen molar-refractivity contribution in [1.82, 2.24) is 15.5 Å². The van der Waals surface area contributed by atoms with Gasteiger partial charge in [0.05, 0.1) is 11.3 Å². The molecule has 1 amide bonds. The molecule has 2 heterocycles. The Hall–Kier alpha value is -2.65. The molecule has 1 N–H and O–H groups in total. The number of carbonyl (C=O) groups is 2. The van der Waals surface area contributed by atoms with E-state index < -0.39 is 5.97 Å². The normalized spacial score (nSPS) is 10.6. The Morgan fingerprint density at radius 1 is 1.25 bits per heavy atom. The molecule has 28 heavy (non-hydrogen) atoms. The van der Waals surface area contributed by atoms with E-state index in [1.165, 1.54) is 16.6 Å². The maximum atomic E-state index is 12.4. The monoisotopic (exact) mass is 417 g/mol. The first-order valence-corrected chi connectivity index (χ1v) is 10.5. The molecule has 0 radical (unpaired) electrons. The molecular formula is C19H19N3O4S2. The Balaban J connectivity index is 1.47. The third-order valence-corrected chi connectivity index (χ3v) is 5.63. The van der Waals surface area contributed by atoms with Crippen molar-refractivity contribution < 1.29 is 18.8 Å². The summed E-state index contributed by atoms with van der Waals surface area (Å²) in [6.07, 6.45) is 0.756. The Bertz CT molecular complexity index is 925. The minimum Gasteiger partial charge on any atom is -0.452 e. The van der Waals surface area contributed by atoms with Crippen LogP contribution in [0.3, 0.4) is 0 Å². The van der Waals surface area contributed by atoms with Gasteiger partial charge in [0, 0.05) is 16.3 Å². The Kier molecular flexibility index (Phi) is 7.21. The highest BCUT2D eigenvalue weighted by Gasteiger charge is 2.15. The van der Waals surface area contributed by atoms with Gasteiger partial charge in [-0.15, -0.1) is 23.1 Å². The maximum absolute atomic E-state index is 12.4. The van der Waals surface area contributed by atoms with Gasteiger partial charge in [0.2, 0.25) is 5.89 Å². The van der Waals surface area contributed by atoms with E-state index in [2.05, 4.69) is 15.5 Å². The van der Waals surface area contributed by atoms with E-state index >= 15 is 0 Å². The predicted octanol–water partition coefficient (Wildman–Crippen LogP) is 3.25. The van der Waals surface area contributed by atoms with Crippen LogP contribution in [0.5, 0.6) is 0 Å². The molecule has 0 bridgehead atoms. The third kappa shape index (κ3) is 5.93. The van der Waals surface area contributed by atoms with Crippen molar-refractivity contribution in [1.29, 1.82) is 0 Å². The summed E-state index contributed by atoms with van der Waals surface area (Å²) >= 11 is 3.03. The van der Waals surface area contributed by atoms with Crippen LogP contribution in [0.2, 0.25) is 0 Å². The second kappa shape index (κ2) is 10.0. The van der Waals surface area contributed by atoms with E-state index in [0.29, 0.717) is 29.6 Å². The zero-order chi connectivity index (χ0) is 19.8. The van der Waals surface area contributed by atoms with Gasteiger partial charge < -0.3 is 14.6 Å². The third-order valence-electron chi connectivity index (χ3n) is 3.64. The summed E-state index contributed by atoms with van der Waals surface area (Å²) in [7, 11) is 0. The number of aryl methyl sites for hydroxylation is 1. The van der Waals surface area contributed by atoms with Gasteiger partial charge in [0.25, 0.3) is 5.91 Å². The van der Waals surface area contributed by atoms with Crippen molar-refractivity contribution in [3.63, 3.8) is 0 Å². The molecule has 7 nitrogen and oxygen atoms in total. The number of thioether (sulfide) groups is 1. The lowest BCUT2D eigenvalue weighted by Gasteiger charge is -2.09. The molecule has 0 fully saturated rings. The van der Waals surface area contributed by atoms with Gasteiger partial charge in [-0.1, -0.05) is 23.4 Å². The average Bonchev–Trinajstić information content (AvgIpc) is 3.36. The van der Waals surface area contributed by atoms with Gasteiger partial charge in [-0.05, 0) is 36.9 Å². The smallest absolute Gasteiger partial charge is 0.339 e. The predicted molar refractivity (Wildman–Crippen MR) is 106 cm³/mol. The van der Waals surface area contributed by atoms with Crippen molar-refractivity contribution in [3.8, 4) is 0 Å². The van der Waals surface area contributed by atoms with Crippen LogP contribution in [-0.4, -0.2) is 35.2 Å².